The van der Waals surface area contributed by atoms with Crippen LogP contribution in [0.3, 0.4) is 0 Å². The second kappa shape index (κ2) is 5.91. The van der Waals surface area contributed by atoms with E-state index in [1.165, 1.54) is 0 Å². The van der Waals surface area contributed by atoms with E-state index in [1.54, 1.807) is 10.6 Å². The largest absolute Gasteiger partial charge is 0.748 e. The SMILES string of the molecule is CS(=O)(=O)[O-].Fc1cc(I)cc2[n+]1CCCN2. The quantitative estimate of drug-likeness (QED) is 0.314. The Balaban J connectivity index is 0.000000249. The molecule has 8 heteroatoms. The molecule has 0 atom stereocenters. The van der Waals surface area contributed by atoms with Crippen LogP contribution in [0.25, 0.3) is 0 Å². The van der Waals surface area contributed by atoms with Gasteiger partial charge in [0.15, 0.2) is 0 Å². The van der Waals surface area contributed by atoms with Gasteiger partial charge in [0.2, 0.25) is 0 Å². The molecule has 0 unspecified atom stereocenters. The number of nitrogens with one attached hydrogen (secondary N) is 1. The molecule has 1 aromatic rings. The van der Waals surface area contributed by atoms with Gasteiger partial charge in [-0.2, -0.15) is 4.39 Å². The van der Waals surface area contributed by atoms with E-state index < -0.39 is 10.1 Å². The molecular weight excluding hydrogens is 362 g/mol. The molecule has 5 nitrogen and oxygen atoms in total. The van der Waals surface area contributed by atoms with Gasteiger partial charge in [0.25, 0.3) is 11.8 Å². The summed E-state index contributed by atoms with van der Waals surface area (Å²) >= 11 is 2.12. The maximum absolute atomic E-state index is 13.3. The van der Waals surface area contributed by atoms with Gasteiger partial charge in [-0.1, -0.05) is 0 Å². The summed E-state index contributed by atoms with van der Waals surface area (Å²) in [6.07, 6.45) is 1.60. The first-order valence-corrected chi connectivity index (χ1v) is 7.70. The molecule has 0 radical (unpaired) electrons. The highest BCUT2D eigenvalue weighted by Crippen LogP contribution is 2.12. The van der Waals surface area contributed by atoms with Crippen molar-refractivity contribution in [3.8, 4) is 0 Å². The normalized spacial score (nSPS) is 14.1. The lowest BCUT2D eigenvalue weighted by molar-refractivity contribution is -0.713. The summed E-state index contributed by atoms with van der Waals surface area (Å²) in [5.74, 6) is 0.745. The highest BCUT2D eigenvalue weighted by molar-refractivity contribution is 14.1. The van der Waals surface area contributed by atoms with Gasteiger partial charge in [0.1, 0.15) is 0 Å². The number of aromatic nitrogens is 1. The zero-order chi connectivity index (χ0) is 13.1. The van der Waals surface area contributed by atoms with Gasteiger partial charge >= 0.3 is 0 Å². The van der Waals surface area contributed by atoms with E-state index in [-0.39, 0.29) is 5.95 Å². The molecule has 0 spiro atoms. The van der Waals surface area contributed by atoms with Gasteiger partial charge in [-0.25, -0.2) is 13.0 Å². The van der Waals surface area contributed by atoms with Gasteiger partial charge in [-0.3, -0.25) is 5.32 Å². The second-order valence-electron chi connectivity index (χ2n) is 3.52. The number of hydrogen-bond acceptors (Lipinski definition) is 4. The van der Waals surface area contributed by atoms with Gasteiger partial charge in [0.05, 0.1) is 23.2 Å². The number of hydrogen-bond donors (Lipinski definition) is 1. The van der Waals surface area contributed by atoms with E-state index in [2.05, 4.69) is 27.9 Å². The minimum Gasteiger partial charge on any atom is -0.748 e. The van der Waals surface area contributed by atoms with Crippen molar-refractivity contribution in [3.63, 3.8) is 0 Å². The Hall–Kier alpha value is -0.480. The predicted molar refractivity (Wildman–Crippen MR) is 68.0 cm³/mol. The highest BCUT2D eigenvalue weighted by Gasteiger charge is 2.18. The minimum absolute atomic E-state index is 0.149. The first kappa shape index (κ1) is 14.6. The van der Waals surface area contributed by atoms with E-state index in [1.807, 2.05) is 6.07 Å². The fourth-order valence-corrected chi connectivity index (χ4v) is 1.94. The molecule has 0 bridgehead atoms. The van der Waals surface area contributed by atoms with E-state index in [0.29, 0.717) is 6.26 Å². The summed E-state index contributed by atoms with van der Waals surface area (Å²) in [6, 6.07) is 3.51. The van der Waals surface area contributed by atoms with Crippen LogP contribution in [0.5, 0.6) is 0 Å². The molecule has 2 heterocycles. The Kier molecular flexibility index (Phi) is 5.07. The molecule has 1 aromatic heterocycles. The first-order chi connectivity index (χ1) is 7.77. The Morgan fingerprint density at radius 2 is 2.12 bits per heavy atom. The first-order valence-electron chi connectivity index (χ1n) is 4.81. The number of pyridine rings is 1. The van der Waals surface area contributed by atoms with Gasteiger partial charge in [0, 0.05) is 28.4 Å². The number of anilines is 1. The summed E-state index contributed by atoms with van der Waals surface area (Å²) in [7, 11) is -3.92. The van der Waals surface area contributed by atoms with Crippen LogP contribution in [-0.4, -0.2) is 25.8 Å². The Labute approximate surface area is 113 Å². The minimum atomic E-state index is -3.92. The fraction of sp³-hybridized carbons (Fsp3) is 0.444. The van der Waals surface area contributed by atoms with Crippen LogP contribution >= 0.6 is 22.6 Å². The smallest absolute Gasteiger partial charge is 0.279 e. The zero-order valence-corrected chi connectivity index (χ0v) is 12.1. The lowest BCUT2D eigenvalue weighted by Crippen LogP contribution is -2.45. The Bertz CT molecular complexity index is 499. The Morgan fingerprint density at radius 3 is 2.71 bits per heavy atom. The zero-order valence-electron chi connectivity index (χ0n) is 9.11. The van der Waals surface area contributed by atoms with Crippen LogP contribution in [0.2, 0.25) is 0 Å². The summed E-state index contributed by atoms with van der Waals surface area (Å²) in [5, 5.41) is 3.16. The lowest BCUT2D eigenvalue weighted by atomic mass is 10.3. The molecule has 0 saturated heterocycles. The van der Waals surface area contributed by atoms with Crippen molar-refractivity contribution >= 4 is 38.5 Å². The fourth-order valence-electron chi connectivity index (χ4n) is 1.38. The van der Waals surface area contributed by atoms with Crippen LogP contribution in [0, 0.1) is 9.52 Å². The van der Waals surface area contributed by atoms with Crippen LogP contribution in [0.4, 0.5) is 10.2 Å². The standard InChI is InChI=1S/C8H8FIN2.CH4O3S/c9-7-4-6(10)5-8-11-2-1-3-12(7)8;1-5(2,3)4/h4-5H,1-3H2;1H3,(H,2,3,4). The summed E-state index contributed by atoms with van der Waals surface area (Å²) < 4.78 is 43.1. The number of fused-ring (bicyclic) bond motifs is 1. The third-order valence-corrected chi connectivity index (χ3v) is 2.57. The van der Waals surface area contributed by atoms with Gasteiger partial charge in [-0.05, 0) is 22.6 Å². The van der Waals surface area contributed by atoms with E-state index >= 15 is 0 Å². The molecule has 1 N–H and O–H groups in total. The summed E-state index contributed by atoms with van der Waals surface area (Å²) in [4.78, 5) is 0. The molecule has 0 fully saturated rings. The van der Waals surface area contributed by atoms with Crippen molar-refractivity contribution in [3.05, 3.63) is 21.7 Å². The molecule has 0 saturated carbocycles. The molecule has 17 heavy (non-hydrogen) atoms. The third kappa shape index (κ3) is 5.59. The van der Waals surface area contributed by atoms with Crippen LogP contribution in [0.1, 0.15) is 6.42 Å². The molecule has 0 aromatic carbocycles. The van der Waals surface area contributed by atoms with E-state index in [9.17, 15) is 4.39 Å². The average Bonchev–Trinajstić information content (AvgIpc) is 2.14. The van der Waals surface area contributed by atoms with E-state index in [0.717, 1.165) is 28.9 Å². The van der Waals surface area contributed by atoms with Crippen molar-refractivity contribution in [1.29, 1.82) is 0 Å². The molecular formula is C9H12FIN2O3S. The highest BCUT2D eigenvalue weighted by atomic mass is 127. The van der Waals surface area contributed by atoms with Crippen molar-refractivity contribution in [2.24, 2.45) is 0 Å². The number of rotatable bonds is 0. The maximum Gasteiger partial charge on any atom is 0.279 e. The molecule has 0 aliphatic carbocycles. The van der Waals surface area contributed by atoms with Crippen molar-refractivity contribution < 1.29 is 21.9 Å². The number of nitrogens with zero attached hydrogens (tertiary/aromatic N) is 1. The Morgan fingerprint density at radius 1 is 1.53 bits per heavy atom. The van der Waals surface area contributed by atoms with Crippen LogP contribution in [-0.2, 0) is 16.7 Å². The molecule has 96 valence electrons. The van der Waals surface area contributed by atoms with Gasteiger partial charge in [-0.15, -0.1) is 0 Å². The van der Waals surface area contributed by atoms with Crippen molar-refractivity contribution in [2.75, 3.05) is 18.1 Å². The third-order valence-electron chi connectivity index (χ3n) is 1.94. The predicted octanol–water partition coefficient (Wildman–Crippen LogP) is 0.695. The molecule has 1 aliphatic rings. The number of halogens is 2. The molecule has 2 rings (SSSR count). The topological polar surface area (TPSA) is 73.1 Å². The lowest BCUT2D eigenvalue weighted by Gasteiger charge is -2.12. The van der Waals surface area contributed by atoms with E-state index in [4.69, 9.17) is 13.0 Å². The summed E-state index contributed by atoms with van der Waals surface area (Å²) in [5.41, 5.74) is 0. The van der Waals surface area contributed by atoms with Gasteiger partial charge < -0.3 is 4.55 Å². The molecule has 1 aliphatic heterocycles. The second-order valence-corrected chi connectivity index (χ2v) is 6.17. The van der Waals surface area contributed by atoms with Crippen LogP contribution in [0.15, 0.2) is 12.1 Å². The summed E-state index contributed by atoms with van der Waals surface area (Å²) in [6.45, 7) is 1.73. The van der Waals surface area contributed by atoms with Crippen LogP contribution < -0.4 is 9.88 Å². The average molecular weight is 374 g/mol. The van der Waals surface area contributed by atoms with Crippen molar-refractivity contribution in [2.45, 2.75) is 13.0 Å². The monoisotopic (exact) mass is 374 g/mol. The van der Waals surface area contributed by atoms with Crippen molar-refractivity contribution in [1.82, 2.24) is 0 Å². The maximum atomic E-state index is 13.3. The molecule has 0 amide bonds.